The number of hydrogen-bond donors (Lipinski definition) is 1. The molecule has 0 unspecified atom stereocenters. The van der Waals surface area contributed by atoms with Crippen molar-refractivity contribution in [3.8, 4) is 17.2 Å². The molecule has 0 radical (unpaired) electrons. The van der Waals surface area contributed by atoms with Gasteiger partial charge in [0.25, 0.3) is 0 Å². The second-order valence-corrected chi connectivity index (χ2v) is 6.31. The van der Waals surface area contributed by atoms with Crippen LogP contribution in [-0.2, 0) is 11.2 Å². The summed E-state index contributed by atoms with van der Waals surface area (Å²) in [6.45, 7) is 3.19. The van der Waals surface area contributed by atoms with E-state index in [0.29, 0.717) is 37.7 Å². The first kappa shape index (κ1) is 19.5. The van der Waals surface area contributed by atoms with Crippen molar-refractivity contribution in [2.75, 3.05) is 19.8 Å². The van der Waals surface area contributed by atoms with Crippen molar-refractivity contribution in [3.05, 3.63) is 66.2 Å². The molecule has 0 aliphatic carbocycles. The summed E-state index contributed by atoms with van der Waals surface area (Å²) in [6.07, 6.45) is 0.548. The third-order valence-electron chi connectivity index (χ3n) is 4.27. The van der Waals surface area contributed by atoms with E-state index < -0.39 is 5.97 Å². The van der Waals surface area contributed by atoms with E-state index in [2.05, 4.69) is 12.1 Å². The van der Waals surface area contributed by atoms with Crippen LogP contribution in [-0.4, -0.2) is 30.9 Å². The number of hydrogen-bond acceptors (Lipinski definition) is 4. The van der Waals surface area contributed by atoms with Crippen LogP contribution in [0.1, 0.15) is 18.9 Å². The van der Waals surface area contributed by atoms with E-state index in [1.807, 2.05) is 55.5 Å². The lowest BCUT2D eigenvalue weighted by atomic mass is 10.1. The molecule has 28 heavy (non-hydrogen) atoms. The molecule has 0 aromatic heterocycles. The first-order valence-electron chi connectivity index (χ1n) is 9.37. The Hall–Kier alpha value is -3.21. The number of fused-ring (bicyclic) bond motifs is 1. The van der Waals surface area contributed by atoms with Crippen molar-refractivity contribution in [3.63, 3.8) is 0 Å². The van der Waals surface area contributed by atoms with E-state index in [1.54, 1.807) is 0 Å². The predicted octanol–water partition coefficient (Wildman–Crippen LogP) is 4.71. The smallest absolute Gasteiger partial charge is 0.303 e. The number of carboxylic acid groups (broad SMARTS) is 1. The molecule has 0 bridgehead atoms. The lowest BCUT2D eigenvalue weighted by Gasteiger charge is -2.14. The highest BCUT2D eigenvalue weighted by Crippen LogP contribution is 2.29. The second kappa shape index (κ2) is 9.65. The standard InChI is InChI=1S/C23H24O5/c1-2-26-22-15-17(8-12-23(24)25)7-11-21(22)28-14-13-27-20-10-9-18-5-3-4-6-19(18)16-20/h3-7,9-11,15-16H,2,8,12-14H2,1H3,(H,24,25). The summed E-state index contributed by atoms with van der Waals surface area (Å²) in [5.41, 5.74) is 0.908. The lowest BCUT2D eigenvalue weighted by Crippen LogP contribution is -2.10. The van der Waals surface area contributed by atoms with E-state index >= 15 is 0 Å². The summed E-state index contributed by atoms with van der Waals surface area (Å²) in [4.78, 5) is 10.7. The maximum absolute atomic E-state index is 10.7. The molecule has 1 N–H and O–H groups in total. The van der Waals surface area contributed by atoms with Gasteiger partial charge < -0.3 is 19.3 Å². The molecule has 0 fully saturated rings. The van der Waals surface area contributed by atoms with Gasteiger partial charge in [-0.3, -0.25) is 4.79 Å². The Balaban J connectivity index is 1.56. The van der Waals surface area contributed by atoms with Gasteiger partial charge in [0.2, 0.25) is 0 Å². The second-order valence-electron chi connectivity index (χ2n) is 6.31. The molecule has 0 aliphatic rings. The SMILES string of the molecule is CCOc1cc(CCC(=O)O)ccc1OCCOc1ccc2ccccc2c1. The van der Waals surface area contributed by atoms with Crippen molar-refractivity contribution in [2.45, 2.75) is 19.8 Å². The van der Waals surface area contributed by atoms with Gasteiger partial charge in [-0.25, -0.2) is 0 Å². The summed E-state index contributed by atoms with van der Waals surface area (Å²) in [6, 6.07) is 19.7. The van der Waals surface area contributed by atoms with Crippen LogP contribution in [0.3, 0.4) is 0 Å². The molecule has 0 saturated heterocycles. The first-order chi connectivity index (χ1) is 13.7. The van der Waals surface area contributed by atoms with Crippen LogP contribution >= 0.6 is 0 Å². The van der Waals surface area contributed by atoms with Crippen molar-refractivity contribution >= 4 is 16.7 Å². The molecular weight excluding hydrogens is 356 g/mol. The fourth-order valence-electron chi connectivity index (χ4n) is 2.92. The van der Waals surface area contributed by atoms with Crippen molar-refractivity contribution < 1.29 is 24.1 Å². The van der Waals surface area contributed by atoms with Crippen LogP contribution in [0.5, 0.6) is 17.2 Å². The fraction of sp³-hybridized carbons (Fsp3) is 0.261. The Morgan fingerprint density at radius 2 is 1.64 bits per heavy atom. The molecular formula is C23H24O5. The molecule has 3 rings (SSSR count). The average Bonchev–Trinajstić information content (AvgIpc) is 2.71. The van der Waals surface area contributed by atoms with E-state index in [1.165, 1.54) is 5.39 Å². The minimum atomic E-state index is -0.816. The zero-order valence-corrected chi connectivity index (χ0v) is 15.9. The van der Waals surface area contributed by atoms with Gasteiger partial charge in [-0.15, -0.1) is 0 Å². The largest absolute Gasteiger partial charge is 0.490 e. The molecule has 5 heteroatoms. The highest BCUT2D eigenvalue weighted by atomic mass is 16.5. The maximum atomic E-state index is 10.7. The molecule has 0 aliphatic heterocycles. The fourth-order valence-corrected chi connectivity index (χ4v) is 2.92. The van der Waals surface area contributed by atoms with Gasteiger partial charge in [-0.2, -0.15) is 0 Å². The van der Waals surface area contributed by atoms with Gasteiger partial charge in [0.15, 0.2) is 11.5 Å². The van der Waals surface area contributed by atoms with Gasteiger partial charge in [-0.05, 0) is 53.9 Å². The third-order valence-corrected chi connectivity index (χ3v) is 4.27. The van der Waals surface area contributed by atoms with Crippen LogP contribution in [0, 0.1) is 0 Å². The number of aryl methyl sites for hydroxylation is 1. The average molecular weight is 380 g/mol. The molecule has 5 nitrogen and oxygen atoms in total. The molecule has 146 valence electrons. The van der Waals surface area contributed by atoms with Crippen molar-refractivity contribution in [1.29, 1.82) is 0 Å². The molecule has 3 aromatic rings. The zero-order valence-electron chi connectivity index (χ0n) is 15.9. The zero-order chi connectivity index (χ0) is 19.8. The molecule has 0 saturated carbocycles. The number of carbonyl (C=O) groups is 1. The van der Waals surface area contributed by atoms with Crippen LogP contribution in [0.25, 0.3) is 10.8 Å². The van der Waals surface area contributed by atoms with Crippen LogP contribution < -0.4 is 14.2 Å². The Bertz CT molecular complexity index is 935. The minimum Gasteiger partial charge on any atom is -0.490 e. The highest BCUT2D eigenvalue weighted by Gasteiger charge is 2.08. The molecule has 0 heterocycles. The summed E-state index contributed by atoms with van der Waals surface area (Å²) < 4.78 is 17.2. The maximum Gasteiger partial charge on any atom is 0.303 e. The number of rotatable bonds is 10. The summed E-state index contributed by atoms with van der Waals surface area (Å²) in [5, 5.41) is 11.1. The monoisotopic (exact) mass is 380 g/mol. The van der Waals surface area contributed by atoms with Gasteiger partial charge >= 0.3 is 5.97 Å². The number of benzene rings is 3. The quantitative estimate of drug-likeness (QED) is 0.516. The van der Waals surface area contributed by atoms with Crippen LogP contribution in [0.15, 0.2) is 60.7 Å². The first-order valence-corrected chi connectivity index (χ1v) is 9.37. The summed E-state index contributed by atoms with van der Waals surface area (Å²) in [7, 11) is 0. The Labute approximate surface area is 164 Å². The number of carboxylic acids is 1. The third kappa shape index (κ3) is 5.39. The van der Waals surface area contributed by atoms with E-state index in [9.17, 15) is 4.79 Å². The van der Waals surface area contributed by atoms with Crippen molar-refractivity contribution in [2.24, 2.45) is 0 Å². The molecule has 3 aromatic carbocycles. The van der Waals surface area contributed by atoms with E-state index in [0.717, 1.165) is 16.7 Å². The van der Waals surface area contributed by atoms with Gasteiger partial charge in [0, 0.05) is 6.42 Å². The van der Waals surface area contributed by atoms with E-state index in [-0.39, 0.29) is 6.42 Å². The molecule has 0 spiro atoms. The molecule has 0 atom stereocenters. The van der Waals surface area contributed by atoms with Crippen molar-refractivity contribution in [1.82, 2.24) is 0 Å². The number of ether oxygens (including phenoxy) is 3. The van der Waals surface area contributed by atoms with E-state index in [4.69, 9.17) is 19.3 Å². The topological polar surface area (TPSA) is 65.0 Å². The Kier molecular flexibility index (Phi) is 6.73. The van der Waals surface area contributed by atoms with Crippen LogP contribution in [0.4, 0.5) is 0 Å². The lowest BCUT2D eigenvalue weighted by molar-refractivity contribution is -0.136. The minimum absolute atomic E-state index is 0.0887. The van der Waals surface area contributed by atoms with Gasteiger partial charge in [0.05, 0.1) is 6.61 Å². The summed E-state index contributed by atoms with van der Waals surface area (Å²) >= 11 is 0. The predicted molar refractivity (Wildman–Crippen MR) is 109 cm³/mol. The van der Waals surface area contributed by atoms with Gasteiger partial charge in [-0.1, -0.05) is 36.4 Å². The Morgan fingerprint density at radius 1 is 0.857 bits per heavy atom. The summed E-state index contributed by atoms with van der Waals surface area (Å²) in [5.74, 6) is 1.24. The number of aliphatic carboxylic acids is 1. The van der Waals surface area contributed by atoms with Crippen LogP contribution in [0.2, 0.25) is 0 Å². The highest BCUT2D eigenvalue weighted by molar-refractivity contribution is 5.83. The van der Waals surface area contributed by atoms with Gasteiger partial charge in [0.1, 0.15) is 19.0 Å². The molecule has 0 amide bonds. The normalized spacial score (nSPS) is 10.6. The Morgan fingerprint density at radius 3 is 2.43 bits per heavy atom.